The summed E-state index contributed by atoms with van der Waals surface area (Å²) in [5.41, 5.74) is -4.73. The number of halogens is 6. The molecule has 1 fully saturated rings. The summed E-state index contributed by atoms with van der Waals surface area (Å²) >= 11 is 0. The first kappa shape index (κ1) is 23.9. The topological polar surface area (TPSA) is 46.5 Å². The Morgan fingerprint density at radius 3 is 2.15 bits per heavy atom. The summed E-state index contributed by atoms with van der Waals surface area (Å²) in [4.78, 5) is 12.1. The quantitative estimate of drug-likeness (QED) is 0.509. The summed E-state index contributed by atoms with van der Waals surface area (Å²) in [7, 11) is 1.07. The predicted molar refractivity (Wildman–Crippen MR) is 86.9 cm³/mol. The van der Waals surface area contributed by atoms with Crippen LogP contribution in [0.1, 0.15) is 46.5 Å². The predicted octanol–water partition coefficient (Wildman–Crippen LogP) is 4.83. The number of allylic oxidation sites excluding steroid dienone is 1. The van der Waals surface area contributed by atoms with Crippen LogP contribution in [-0.4, -0.2) is 42.1 Å². The van der Waals surface area contributed by atoms with Crippen LogP contribution in [0, 0.1) is 17.8 Å². The van der Waals surface area contributed by atoms with Crippen molar-refractivity contribution < 1.29 is 41.0 Å². The van der Waals surface area contributed by atoms with Crippen molar-refractivity contribution in [1.29, 1.82) is 0 Å². The first-order valence-corrected chi connectivity index (χ1v) is 8.76. The highest BCUT2D eigenvalue weighted by molar-refractivity contribution is 5.84. The normalized spacial score (nSPS) is 26.0. The lowest BCUT2D eigenvalue weighted by atomic mass is 9.65. The van der Waals surface area contributed by atoms with E-state index in [1.807, 2.05) is 13.8 Å². The first-order valence-electron chi connectivity index (χ1n) is 8.76. The largest absolute Gasteiger partial charge is 0.426 e. The fourth-order valence-corrected chi connectivity index (χ4v) is 3.70. The van der Waals surface area contributed by atoms with Gasteiger partial charge >= 0.3 is 12.4 Å². The van der Waals surface area contributed by atoms with E-state index in [4.69, 9.17) is 4.74 Å². The van der Waals surface area contributed by atoms with E-state index in [1.165, 1.54) is 13.0 Å². The van der Waals surface area contributed by atoms with Gasteiger partial charge in [-0.05, 0) is 32.1 Å². The SMILES string of the molecule is CO[C@@H]1C(=O)CC[C@H](C(O)(C(F)(F)F)C(F)(F)F)[C@H]1C(C)=CCCC(C)C. The van der Waals surface area contributed by atoms with E-state index in [0.29, 0.717) is 18.8 Å². The number of alkyl halides is 6. The second kappa shape index (κ2) is 8.51. The summed E-state index contributed by atoms with van der Waals surface area (Å²) in [5, 5.41) is 9.90. The number of Topliss-reactive ketones (excluding diaryl/α,β-unsaturated/α-hetero) is 1. The van der Waals surface area contributed by atoms with Crippen LogP contribution in [0.25, 0.3) is 0 Å². The number of ether oxygens (including phenoxy) is 1. The molecule has 0 bridgehead atoms. The number of carbonyl (C=O) groups is 1. The average molecular weight is 404 g/mol. The Labute approximate surface area is 154 Å². The smallest absolute Gasteiger partial charge is 0.373 e. The van der Waals surface area contributed by atoms with Crippen LogP contribution in [-0.2, 0) is 9.53 Å². The molecule has 0 aliphatic heterocycles. The maximum atomic E-state index is 13.4. The highest BCUT2D eigenvalue weighted by atomic mass is 19.4. The molecule has 9 heteroatoms. The number of methoxy groups -OCH3 is 1. The summed E-state index contributed by atoms with van der Waals surface area (Å²) in [6.07, 6.45) is -11.9. The lowest BCUT2D eigenvalue weighted by Crippen LogP contribution is -2.65. The maximum Gasteiger partial charge on any atom is 0.426 e. The number of rotatable bonds is 6. The van der Waals surface area contributed by atoms with E-state index in [2.05, 4.69) is 0 Å². The molecular formula is C18H26F6O3. The van der Waals surface area contributed by atoms with Crippen molar-refractivity contribution in [3.8, 4) is 0 Å². The molecular weight excluding hydrogens is 378 g/mol. The number of hydrogen-bond donors (Lipinski definition) is 1. The third-order valence-electron chi connectivity index (χ3n) is 5.17. The van der Waals surface area contributed by atoms with E-state index in [-0.39, 0.29) is 5.57 Å². The van der Waals surface area contributed by atoms with Crippen LogP contribution < -0.4 is 0 Å². The van der Waals surface area contributed by atoms with Crippen LogP contribution >= 0.6 is 0 Å². The van der Waals surface area contributed by atoms with Gasteiger partial charge in [0, 0.05) is 25.4 Å². The lowest BCUT2D eigenvalue weighted by Gasteiger charge is -2.46. The van der Waals surface area contributed by atoms with Gasteiger partial charge in [-0.1, -0.05) is 25.5 Å². The number of ketones is 1. The minimum atomic E-state index is -5.94. The molecule has 0 aromatic heterocycles. The Kier molecular flexibility index (Phi) is 7.55. The Balaban J connectivity index is 3.45. The third-order valence-corrected chi connectivity index (χ3v) is 5.17. The molecule has 1 saturated carbocycles. The molecule has 0 aromatic carbocycles. The van der Waals surface area contributed by atoms with Gasteiger partial charge in [-0.3, -0.25) is 4.79 Å². The van der Waals surface area contributed by atoms with Gasteiger partial charge in [-0.15, -0.1) is 0 Å². The molecule has 0 saturated heterocycles. The second-order valence-corrected chi connectivity index (χ2v) is 7.47. The first-order chi connectivity index (χ1) is 12.2. The number of hydrogen-bond acceptors (Lipinski definition) is 3. The molecule has 0 amide bonds. The molecule has 1 rings (SSSR count). The maximum absolute atomic E-state index is 13.4. The summed E-state index contributed by atoms with van der Waals surface area (Å²) < 4.78 is 85.3. The van der Waals surface area contributed by atoms with E-state index in [0.717, 1.165) is 7.11 Å². The van der Waals surface area contributed by atoms with E-state index >= 15 is 0 Å². The standard InChI is InChI=1S/C18H26F6O3/c1-10(2)6-5-7-11(3)14-12(8-9-13(25)15(14)27-4)16(26,17(19,20)21)18(22,23)24/h7,10,12,14-15,26H,5-6,8-9H2,1-4H3/t12-,14+,15+/m0/s1. The number of aliphatic hydroxyl groups is 1. The minimum Gasteiger partial charge on any atom is -0.373 e. The molecule has 27 heavy (non-hydrogen) atoms. The molecule has 1 N–H and O–H groups in total. The zero-order chi connectivity index (χ0) is 21.2. The zero-order valence-electron chi connectivity index (χ0n) is 15.7. The summed E-state index contributed by atoms with van der Waals surface area (Å²) in [6, 6.07) is 0. The highest BCUT2D eigenvalue weighted by Crippen LogP contribution is 2.54. The Morgan fingerprint density at radius 1 is 1.22 bits per heavy atom. The molecule has 0 heterocycles. The monoisotopic (exact) mass is 404 g/mol. The Morgan fingerprint density at radius 2 is 1.74 bits per heavy atom. The molecule has 1 aliphatic rings. The van der Waals surface area contributed by atoms with Gasteiger partial charge in [0.25, 0.3) is 5.60 Å². The van der Waals surface area contributed by atoms with Crippen LogP contribution in [0.5, 0.6) is 0 Å². The van der Waals surface area contributed by atoms with E-state index in [9.17, 15) is 36.2 Å². The summed E-state index contributed by atoms with van der Waals surface area (Å²) in [6.45, 7) is 5.25. The third kappa shape index (κ3) is 4.85. The highest BCUT2D eigenvalue weighted by Gasteiger charge is 2.75. The molecule has 0 spiro atoms. The Hall–Kier alpha value is -1.09. The fourth-order valence-electron chi connectivity index (χ4n) is 3.70. The van der Waals surface area contributed by atoms with Gasteiger partial charge in [0.15, 0.2) is 5.78 Å². The molecule has 0 aromatic rings. The minimum absolute atomic E-state index is 0.187. The van der Waals surface area contributed by atoms with Gasteiger partial charge in [0.05, 0.1) is 0 Å². The molecule has 158 valence electrons. The van der Waals surface area contributed by atoms with Crippen molar-refractivity contribution in [3.05, 3.63) is 11.6 Å². The molecule has 0 unspecified atom stereocenters. The van der Waals surface area contributed by atoms with Crippen LogP contribution in [0.3, 0.4) is 0 Å². The van der Waals surface area contributed by atoms with Gasteiger partial charge < -0.3 is 9.84 Å². The second-order valence-electron chi connectivity index (χ2n) is 7.47. The van der Waals surface area contributed by atoms with Crippen molar-refractivity contribution >= 4 is 5.78 Å². The molecule has 3 nitrogen and oxygen atoms in total. The van der Waals surface area contributed by atoms with Crippen molar-refractivity contribution in [2.45, 2.75) is 70.5 Å². The van der Waals surface area contributed by atoms with Gasteiger partial charge in [-0.2, -0.15) is 26.3 Å². The van der Waals surface area contributed by atoms with Gasteiger partial charge in [-0.25, -0.2) is 0 Å². The summed E-state index contributed by atoms with van der Waals surface area (Å²) in [5.74, 6) is -4.06. The van der Waals surface area contributed by atoms with Crippen LogP contribution in [0.2, 0.25) is 0 Å². The average Bonchev–Trinajstić information content (AvgIpc) is 2.51. The van der Waals surface area contributed by atoms with Crippen LogP contribution in [0.4, 0.5) is 26.3 Å². The molecule has 1 aliphatic carbocycles. The van der Waals surface area contributed by atoms with Gasteiger partial charge in [0.2, 0.25) is 0 Å². The van der Waals surface area contributed by atoms with E-state index in [1.54, 1.807) is 0 Å². The molecule has 3 atom stereocenters. The fraction of sp³-hybridized carbons (Fsp3) is 0.833. The van der Waals surface area contributed by atoms with Crippen molar-refractivity contribution in [1.82, 2.24) is 0 Å². The van der Waals surface area contributed by atoms with Crippen molar-refractivity contribution in [2.24, 2.45) is 17.8 Å². The molecule has 0 radical (unpaired) electrons. The van der Waals surface area contributed by atoms with Crippen molar-refractivity contribution in [2.75, 3.05) is 7.11 Å². The number of carbonyl (C=O) groups excluding carboxylic acids is 1. The van der Waals surface area contributed by atoms with Gasteiger partial charge in [0.1, 0.15) is 6.10 Å². The van der Waals surface area contributed by atoms with Crippen molar-refractivity contribution in [3.63, 3.8) is 0 Å². The zero-order valence-corrected chi connectivity index (χ0v) is 15.7. The Bertz CT molecular complexity index is 536. The van der Waals surface area contributed by atoms with E-state index < -0.39 is 54.5 Å². The lowest BCUT2D eigenvalue weighted by molar-refractivity contribution is -0.391. The van der Waals surface area contributed by atoms with Crippen LogP contribution in [0.15, 0.2) is 11.6 Å².